The molecular formula is C15H23N3. The van der Waals surface area contributed by atoms with Crippen molar-refractivity contribution in [2.24, 2.45) is 5.92 Å². The van der Waals surface area contributed by atoms with Gasteiger partial charge >= 0.3 is 0 Å². The lowest BCUT2D eigenvalue weighted by Gasteiger charge is -2.29. The molecule has 2 saturated carbocycles. The minimum atomic E-state index is 0.645. The Morgan fingerprint density at radius 1 is 1.39 bits per heavy atom. The van der Waals surface area contributed by atoms with Crippen LogP contribution in [0.5, 0.6) is 0 Å². The molecule has 1 unspecified atom stereocenters. The van der Waals surface area contributed by atoms with Crippen LogP contribution in [-0.2, 0) is 6.54 Å². The summed E-state index contributed by atoms with van der Waals surface area (Å²) in [6.45, 7) is 3.30. The number of rotatable bonds is 6. The van der Waals surface area contributed by atoms with Gasteiger partial charge in [0.25, 0.3) is 0 Å². The molecule has 98 valence electrons. The molecule has 0 spiro atoms. The molecule has 3 nitrogen and oxygen atoms in total. The Kier molecular flexibility index (Phi) is 3.25. The standard InChI is InChI=1S/C15H23N3/c1-11(12-3-4-12)18(2)15-7-8-16-9-13(15)10-17-14-5-6-14/h7-9,11-12,14,17H,3-6,10H2,1-2H3. The molecule has 1 aromatic heterocycles. The zero-order valence-corrected chi connectivity index (χ0v) is 11.4. The molecule has 2 aliphatic rings. The Hall–Kier alpha value is -1.09. The van der Waals surface area contributed by atoms with Gasteiger partial charge in [-0.15, -0.1) is 0 Å². The van der Waals surface area contributed by atoms with Gasteiger partial charge in [0.05, 0.1) is 0 Å². The number of anilines is 1. The number of hydrogen-bond donors (Lipinski definition) is 1. The number of hydrogen-bond acceptors (Lipinski definition) is 3. The molecule has 0 aliphatic heterocycles. The average Bonchev–Trinajstić information content (AvgIpc) is 3.28. The molecular weight excluding hydrogens is 222 g/mol. The summed E-state index contributed by atoms with van der Waals surface area (Å²) in [6.07, 6.45) is 9.39. The van der Waals surface area contributed by atoms with Crippen molar-refractivity contribution in [2.75, 3.05) is 11.9 Å². The van der Waals surface area contributed by atoms with Crippen LogP contribution < -0.4 is 10.2 Å². The maximum Gasteiger partial charge on any atom is 0.0442 e. The molecule has 3 heteroatoms. The summed E-state index contributed by atoms with van der Waals surface area (Å²) >= 11 is 0. The van der Waals surface area contributed by atoms with Crippen molar-refractivity contribution in [3.05, 3.63) is 24.0 Å². The summed E-state index contributed by atoms with van der Waals surface area (Å²) in [5, 5.41) is 3.59. The van der Waals surface area contributed by atoms with Crippen LogP contribution >= 0.6 is 0 Å². The largest absolute Gasteiger partial charge is 0.371 e. The molecule has 1 atom stereocenters. The summed E-state index contributed by atoms with van der Waals surface area (Å²) in [5.41, 5.74) is 2.68. The van der Waals surface area contributed by atoms with Gasteiger partial charge in [-0.1, -0.05) is 0 Å². The molecule has 3 rings (SSSR count). The van der Waals surface area contributed by atoms with Crippen LogP contribution in [0.2, 0.25) is 0 Å². The van der Waals surface area contributed by atoms with E-state index in [1.807, 2.05) is 12.4 Å². The van der Waals surface area contributed by atoms with E-state index in [1.54, 1.807) is 0 Å². The van der Waals surface area contributed by atoms with E-state index >= 15 is 0 Å². The van der Waals surface area contributed by atoms with Crippen LogP contribution in [0.1, 0.15) is 38.2 Å². The molecule has 0 radical (unpaired) electrons. The summed E-state index contributed by atoms with van der Waals surface area (Å²) in [4.78, 5) is 6.71. The van der Waals surface area contributed by atoms with Gasteiger partial charge in [-0.25, -0.2) is 0 Å². The SMILES string of the molecule is CC(C1CC1)N(C)c1ccncc1CNC1CC1. The second-order valence-corrected chi connectivity index (χ2v) is 5.85. The Bertz CT molecular complexity index is 410. The van der Waals surface area contributed by atoms with E-state index in [1.165, 1.54) is 36.9 Å². The van der Waals surface area contributed by atoms with Gasteiger partial charge < -0.3 is 10.2 Å². The third-order valence-electron chi connectivity index (χ3n) is 4.33. The van der Waals surface area contributed by atoms with Gasteiger partial charge in [0.15, 0.2) is 0 Å². The summed E-state index contributed by atoms with van der Waals surface area (Å²) in [6, 6.07) is 3.55. The predicted molar refractivity (Wildman–Crippen MR) is 74.7 cm³/mol. The summed E-state index contributed by atoms with van der Waals surface area (Å²) in [5.74, 6) is 0.896. The van der Waals surface area contributed by atoms with Crippen LogP contribution in [0.4, 0.5) is 5.69 Å². The Morgan fingerprint density at radius 3 is 2.83 bits per heavy atom. The van der Waals surface area contributed by atoms with Crippen LogP contribution in [0.25, 0.3) is 0 Å². The minimum absolute atomic E-state index is 0.645. The van der Waals surface area contributed by atoms with Crippen LogP contribution in [-0.4, -0.2) is 24.1 Å². The van der Waals surface area contributed by atoms with E-state index < -0.39 is 0 Å². The fraction of sp³-hybridized carbons (Fsp3) is 0.667. The Balaban J connectivity index is 1.71. The number of pyridine rings is 1. The zero-order chi connectivity index (χ0) is 12.5. The van der Waals surface area contributed by atoms with Gasteiger partial charge in [-0.3, -0.25) is 4.98 Å². The van der Waals surface area contributed by atoms with Gasteiger partial charge in [-0.05, 0) is 44.6 Å². The van der Waals surface area contributed by atoms with Crippen molar-refractivity contribution >= 4 is 5.69 Å². The Labute approximate surface area is 110 Å². The summed E-state index contributed by atoms with van der Waals surface area (Å²) < 4.78 is 0. The van der Waals surface area contributed by atoms with E-state index in [0.29, 0.717) is 6.04 Å². The quantitative estimate of drug-likeness (QED) is 0.835. The second-order valence-electron chi connectivity index (χ2n) is 5.85. The highest BCUT2D eigenvalue weighted by molar-refractivity contribution is 5.52. The first-order chi connectivity index (χ1) is 8.75. The van der Waals surface area contributed by atoms with Gasteiger partial charge in [0.2, 0.25) is 0 Å². The van der Waals surface area contributed by atoms with Crippen molar-refractivity contribution in [2.45, 2.75) is 51.2 Å². The first kappa shape index (κ1) is 12.0. The minimum Gasteiger partial charge on any atom is -0.371 e. The van der Waals surface area contributed by atoms with E-state index in [2.05, 4.69) is 35.2 Å². The zero-order valence-electron chi connectivity index (χ0n) is 11.4. The molecule has 0 saturated heterocycles. The Morgan fingerprint density at radius 2 is 2.17 bits per heavy atom. The number of aromatic nitrogens is 1. The van der Waals surface area contributed by atoms with E-state index in [4.69, 9.17) is 0 Å². The second kappa shape index (κ2) is 4.88. The van der Waals surface area contributed by atoms with Gasteiger partial charge in [-0.2, -0.15) is 0 Å². The molecule has 18 heavy (non-hydrogen) atoms. The lowest BCUT2D eigenvalue weighted by molar-refractivity contribution is 0.603. The fourth-order valence-electron chi connectivity index (χ4n) is 2.56. The molecule has 0 amide bonds. The third-order valence-corrected chi connectivity index (χ3v) is 4.33. The first-order valence-electron chi connectivity index (χ1n) is 7.15. The van der Waals surface area contributed by atoms with Crippen LogP contribution in [0.3, 0.4) is 0 Å². The molecule has 2 aliphatic carbocycles. The van der Waals surface area contributed by atoms with Gasteiger partial charge in [0, 0.05) is 49.3 Å². The van der Waals surface area contributed by atoms with E-state index in [0.717, 1.165) is 18.5 Å². The predicted octanol–water partition coefficient (Wildman–Crippen LogP) is 2.57. The third kappa shape index (κ3) is 2.66. The lowest BCUT2D eigenvalue weighted by atomic mass is 10.1. The average molecular weight is 245 g/mol. The van der Waals surface area contributed by atoms with Crippen LogP contribution in [0.15, 0.2) is 18.5 Å². The lowest BCUT2D eigenvalue weighted by Crippen LogP contribution is -2.32. The van der Waals surface area contributed by atoms with E-state index in [-0.39, 0.29) is 0 Å². The van der Waals surface area contributed by atoms with E-state index in [9.17, 15) is 0 Å². The van der Waals surface area contributed by atoms with Gasteiger partial charge in [0.1, 0.15) is 0 Å². The van der Waals surface area contributed by atoms with Crippen molar-refractivity contribution in [1.82, 2.24) is 10.3 Å². The smallest absolute Gasteiger partial charge is 0.0442 e. The molecule has 1 aromatic rings. The highest BCUT2D eigenvalue weighted by atomic mass is 15.1. The summed E-state index contributed by atoms with van der Waals surface area (Å²) in [7, 11) is 2.22. The van der Waals surface area contributed by atoms with Crippen molar-refractivity contribution in [1.29, 1.82) is 0 Å². The van der Waals surface area contributed by atoms with Crippen molar-refractivity contribution < 1.29 is 0 Å². The maximum absolute atomic E-state index is 4.28. The van der Waals surface area contributed by atoms with Crippen molar-refractivity contribution in [3.63, 3.8) is 0 Å². The highest BCUT2D eigenvalue weighted by Gasteiger charge is 2.31. The highest BCUT2D eigenvalue weighted by Crippen LogP contribution is 2.36. The molecule has 1 heterocycles. The maximum atomic E-state index is 4.28. The first-order valence-corrected chi connectivity index (χ1v) is 7.15. The normalized spacial score (nSPS) is 20.8. The monoisotopic (exact) mass is 245 g/mol. The molecule has 1 N–H and O–H groups in total. The molecule has 0 aromatic carbocycles. The fourth-order valence-corrected chi connectivity index (χ4v) is 2.56. The number of nitrogens with zero attached hydrogens (tertiary/aromatic N) is 2. The molecule has 2 fully saturated rings. The van der Waals surface area contributed by atoms with Crippen LogP contribution in [0, 0.1) is 5.92 Å². The topological polar surface area (TPSA) is 28.2 Å². The number of nitrogens with one attached hydrogen (secondary N) is 1. The molecule has 0 bridgehead atoms. The van der Waals surface area contributed by atoms with Crippen molar-refractivity contribution in [3.8, 4) is 0 Å².